The van der Waals surface area contributed by atoms with Crippen molar-refractivity contribution in [2.24, 2.45) is 0 Å². The van der Waals surface area contributed by atoms with Crippen LogP contribution in [0.4, 0.5) is 4.39 Å². The van der Waals surface area contributed by atoms with E-state index in [0.29, 0.717) is 19.8 Å². The Balaban J connectivity index is 1.70. The minimum absolute atomic E-state index is 0.0565. The molecule has 1 aliphatic heterocycles. The van der Waals surface area contributed by atoms with E-state index in [1.807, 2.05) is 31.2 Å². The Hall–Kier alpha value is -2.07. The summed E-state index contributed by atoms with van der Waals surface area (Å²) in [4.78, 5) is 0. The van der Waals surface area contributed by atoms with E-state index in [1.165, 1.54) is 6.07 Å². The molecular formula is C17H18FNO2. The molecule has 3 rings (SSSR count). The quantitative estimate of drug-likeness (QED) is 0.934. The van der Waals surface area contributed by atoms with Crippen LogP contribution in [0.1, 0.15) is 24.1 Å². The predicted molar refractivity (Wildman–Crippen MR) is 79.1 cm³/mol. The highest BCUT2D eigenvalue weighted by molar-refractivity contribution is 5.47. The molecule has 2 aromatic carbocycles. The van der Waals surface area contributed by atoms with Crippen molar-refractivity contribution in [3.8, 4) is 11.5 Å². The molecule has 0 aromatic heterocycles. The predicted octanol–water partition coefficient (Wildman–Crippen LogP) is 3.45. The zero-order chi connectivity index (χ0) is 14.7. The Morgan fingerprint density at radius 2 is 1.95 bits per heavy atom. The van der Waals surface area contributed by atoms with Gasteiger partial charge in [-0.05, 0) is 30.7 Å². The Morgan fingerprint density at radius 3 is 2.81 bits per heavy atom. The molecule has 0 aliphatic carbocycles. The zero-order valence-corrected chi connectivity index (χ0v) is 11.9. The van der Waals surface area contributed by atoms with Gasteiger partial charge in [-0.15, -0.1) is 0 Å². The summed E-state index contributed by atoms with van der Waals surface area (Å²) in [7, 11) is 0. The van der Waals surface area contributed by atoms with Crippen LogP contribution in [0.15, 0.2) is 42.5 Å². The highest BCUT2D eigenvalue weighted by atomic mass is 19.1. The number of hydrogen-bond donors (Lipinski definition) is 1. The van der Waals surface area contributed by atoms with Crippen LogP contribution in [0.3, 0.4) is 0 Å². The molecule has 0 fully saturated rings. The third kappa shape index (κ3) is 3.16. The first-order valence-corrected chi connectivity index (χ1v) is 7.10. The minimum atomic E-state index is -0.213. The van der Waals surface area contributed by atoms with Crippen LogP contribution in [0.2, 0.25) is 0 Å². The minimum Gasteiger partial charge on any atom is -0.486 e. The normalized spacial score (nSPS) is 14.8. The van der Waals surface area contributed by atoms with Gasteiger partial charge in [0.05, 0.1) is 0 Å². The first kappa shape index (κ1) is 13.9. The van der Waals surface area contributed by atoms with Gasteiger partial charge in [0, 0.05) is 18.2 Å². The van der Waals surface area contributed by atoms with Crippen LogP contribution in [0, 0.1) is 5.82 Å². The van der Waals surface area contributed by atoms with Gasteiger partial charge in [0.1, 0.15) is 19.0 Å². The summed E-state index contributed by atoms with van der Waals surface area (Å²) in [5, 5.41) is 3.39. The monoisotopic (exact) mass is 287 g/mol. The van der Waals surface area contributed by atoms with Gasteiger partial charge in [-0.3, -0.25) is 0 Å². The van der Waals surface area contributed by atoms with Gasteiger partial charge in [-0.1, -0.05) is 24.3 Å². The highest BCUT2D eigenvalue weighted by Gasteiger charge is 2.16. The van der Waals surface area contributed by atoms with Gasteiger partial charge in [0.2, 0.25) is 0 Å². The van der Waals surface area contributed by atoms with Crippen molar-refractivity contribution in [3.05, 3.63) is 59.4 Å². The number of fused-ring (bicyclic) bond motifs is 1. The molecular weight excluding hydrogens is 269 g/mol. The average Bonchev–Trinajstić information content (AvgIpc) is 2.52. The number of halogens is 1. The second kappa shape index (κ2) is 6.14. The lowest BCUT2D eigenvalue weighted by Crippen LogP contribution is -2.21. The molecule has 0 saturated carbocycles. The average molecular weight is 287 g/mol. The molecule has 1 atom stereocenters. The molecule has 1 unspecified atom stereocenters. The summed E-state index contributed by atoms with van der Waals surface area (Å²) in [6.07, 6.45) is 0. The highest BCUT2D eigenvalue weighted by Crippen LogP contribution is 2.33. The molecule has 3 nitrogen and oxygen atoms in total. The Morgan fingerprint density at radius 1 is 1.14 bits per heavy atom. The molecule has 4 heteroatoms. The van der Waals surface area contributed by atoms with Crippen molar-refractivity contribution in [3.63, 3.8) is 0 Å². The van der Waals surface area contributed by atoms with Crippen molar-refractivity contribution < 1.29 is 13.9 Å². The van der Waals surface area contributed by atoms with Crippen LogP contribution in [-0.4, -0.2) is 13.2 Å². The van der Waals surface area contributed by atoms with E-state index in [-0.39, 0.29) is 11.9 Å². The van der Waals surface area contributed by atoms with Crippen LogP contribution >= 0.6 is 0 Å². The Bertz CT molecular complexity index is 630. The summed E-state index contributed by atoms with van der Waals surface area (Å²) < 4.78 is 24.5. The van der Waals surface area contributed by atoms with Gasteiger partial charge in [-0.25, -0.2) is 4.39 Å². The topological polar surface area (TPSA) is 30.5 Å². The fourth-order valence-corrected chi connectivity index (χ4v) is 2.43. The second-order valence-electron chi connectivity index (χ2n) is 5.10. The molecule has 0 radical (unpaired) electrons. The maximum absolute atomic E-state index is 13.3. The third-order valence-corrected chi connectivity index (χ3v) is 3.60. The second-order valence-corrected chi connectivity index (χ2v) is 5.10. The van der Waals surface area contributed by atoms with Gasteiger partial charge in [-0.2, -0.15) is 0 Å². The number of benzene rings is 2. The number of ether oxygens (including phenoxy) is 2. The Kier molecular flexibility index (Phi) is 4.06. The third-order valence-electron chi connectivity index (χ3n) is 3.60. The molecule has 1 aliphatic rings. The number of para-hydroxylation sites is 1. The fourth-order valence-electron chi connectivity index (χ4n) is 2.43. The van der Waals surface area contributed by atoms with Crippen LogP contribution in [-0.2, 0) is 6.54 Å². The van der Waals surface area contributed by atoms with Crippen LogP contribution in [0.5, 0.6) is 11.5 Å². The van der Waals surface area contributed by atoms with Crippen LogP contribution < -0.4 is 14.8 Å². The number of hydrogen-bond acceptors (Lipinski definition) is 3. The lowest BCUT2D eigenvalue weighted by Gasteiger charge is -2.22. The summed E-state index contributed by atoms with van der Waals surface area (Å²) in [6.45, 7) is 3.82. The molecule has 2 aromatic rings. The van der Waals surface area contributed by atoms with Crippen molar-refractivity contribution in [1.29, 1.82) is 0 Å². The van der Waals surface area contributed by atoms with Crippen molar-refractivity contribution in [1.82, 2.24) is 5.32 Å². The summed E-state index contributed by atoms with van der Waals surface area (Å²) in [6, 6.07) is 12.6. The van der Waals surface area contributed by atoms with E-state index >= 15 is 0 Å². The smallest absolute Gasteiger partial charge is 0.165 e. The molecule has 0 bridgehead atoms. The van der Waals surface area contributed by atoms with Crippen LogP contribution in [0.25, 0.3) is 0 Å². The fraction of sp³-hybridized carbons (Fsp3) is 0.294. The first-order chi connectivity index (χ1) is 10.2. The van der Waals surface area contributed by atoms with E-state index in [1.54, 1.807) is 12.1 Å². The van der Waals surface area contributed by atoms with E-state index < -0.39 is 0 Å². The van der Waals surface area contributed by atoms with Crippen molar-refractivity contribution >= 4 is 0 Å². The molecule has 110 valence electrons. The van der Waals surface area contributed by atoms with Gasteiger partial charge in [0.25, 0.3) is 0 Å². The number of nitrogens with one attached hydrogen (secondary N) is 1. The molecule has 0 amide bonds. The van der Waals surface area contributed by atoms with Gasteiger partial charge >= 0.3 is 0 Å². The lowest BCUT2D eigenvalue weighted by molar-refractivity contribution is 0.169. The summed E-state index contributed by atoms with van der Waals surface area (Å²) in [5.41, 5.74) is 1.98. The van der Waals surface area contributed by atoms with E-state index in [4.69, 9.17) is 9.47 Å². The zero-order valence-electron chi connectivity index (χ0n) is 11.9. The first-order valence-electron chi connectivity index (χ1n) is 7.10. The van der Waals surface area contributed by atoms with E-state index in [9.17, 15) is 4.39 Å². The molecule has 1 N–H and O–H groups in total. The van der Waals surface area contributed by atoms with Gasteiger partial charge < -0.3 is 14.8 Å². The number of rotatable bonds is 4. The van der Waals surface area contributed by atoms with Gasteiger partial charge in [0.15, 0.2) is 11.5 Å². The van der Waals surface area contributed by atoms with Crippen molar-refractivity contribution in [2.45, 2.75) is 19.5 Å². The lowest BCUT2D eigenvalue weighted by atomic mass is 10.1. The summed E-state index contributed by atoms with van der Waals surface area (Å²) >= 11 is 0. The Labute approximate surface area is 123 Å². The SMILES string of the molecule is CC(NCc1cccc2c1OCCO2)c1cccc(F)c1. The van der Waals surface area contributed by atoms with Crippen molar-refractivity contribution in [2.75, 3.05) is 13.2 Å². The molecule has 21 heavy (non-hydrogen) atoms. The molecule has 1 heterocycles. The van der Waals surface area contributed by atoms with E-state index in [2.05, 4.69) is 5.32 Å². The summed E-state index contributed by atoms with van der Waals surface area (Å²) in [5.74, 6) is 1.39. The standard InChI is InChI=1S/C17H18FNO2/c1-12(13-4-2-6-15(18)10-13)19-11-14-5-3-7-16-17(14)21-9-8-20-16/h2-7,10,12,19H,8-9,11H2,1H3. The molecule has 0 saturated heterocycles. The van der Waals surface area contributed by atoms with E-state index in [0.717, 1.165) is 22.6 Å². The maximum atomic E-state index is 13.3. The molecule has 0 spiro atoms. The maximum Gasteiger partial charge on any atom is 0.165 e. The largest absolute Gasteiger partial charge is 0.486 e.